The molecule has 25 heavy (non-hydrogen) atoms. The molecule has 5 nitrogen and oxygen atoms in total. The highest BCUT2D eigenvalue weighted by Crippen LogP contribution is 2.25. The summed E-state index contributed by atoms with van der Waals surface area (Å²) in [6.07, 6.45) is 0. The van der Waals surface area contributed by atoms with Gasteiger partial charge in [-0.3, -0.25) is 0 Å². The fraction of sp³-hybridized carbons (Fsp3) is 0.278. The standard InChI is InChI=1S/C18H21ClN2O3S/c1-12(2)25(23,24)17-11-7-6-10-16(17)21-18(22)20-13(3)14-8-4-5-9-15(14)19/h4-13H,1-3H3,(H2,20,21,22). The highest BCUT2D eigenvalue weighted by molar-refractivity contribution is 7.92. The summed E-state index contributed by atoms with van der Waals surface area (Å²) in [5, 5.41) is 5.35. The van der Waals surface area contributed by atoms with Crippen LogP contribution in [0.2, 0.25) is 5.02 Å². The van der Waals surface area contributed by atoms with Crippen molar-refractivity contribution in [1.29, 1.82) is 0 Å². The van der Waals surface area contributed by atoms with Crippen molar-refractivity contribution in [2.24, 2.45) is 0 Å². The number of hydrogen-bond acceptors (Lipinski definition) is 3. The molecule has 0 aliphatic rings. The van der Waals surface area contributed by atoms with Crippen molar-refractivity contribution >= 4 is 33.2 Å². The maximum absolute atomic E-state index is 12.4. The second-order valence-corrected chi connectivity index (χ2v) is 8.81. The van der Waals surface area contributed by atoms with E-state index in [0.717, 1.165) is 5.56 Å². The molecule has 0 saturated carbocycles. The van der Waals surface area contributed by atoms with E-state index in [1.165, 1.54) is 6.07 Å². The molecule has 2 aromatic rings. The minimum Gasteiger partial charge on any atom is -0.331 e. The van der Waals surface area contributed by atoms with Crippen molar-refractivity contribution in [2.45, 2.75) is 37.0 Å². The Morgan fingerprint density at radius 3 is 2.24 bits per heavy atom. The lowest BCUT2D eigenvalue weighted by Gasteiger charge is -2.18. The summed E-state index contributed by atoms with van der Waals surface area (Å²) in [5.41, 5.74) is 1.03. The third-order valence-electron chi connectivity index (χ3n) is 3.78. The molecule has 2 rings (SSSR count). The summed E-state index contributed by atoms with van der Waals surface area (Å²) in [5.74, 6) is 0. The number of hydrogen-bond donors (Lipinski definition) is 2. The number of halogens is 1. The van der Waals surface area contributed by atoms with Crippen molar-refractivity contribution in [2.75, 3.05) is 5.32 Å². The zero-order valence-corrected chi connectivity index (χ0v) is 15.9. The van der Waals surface area contributed by atoms with E-state index < -0.39 is 21.1 Å². The van der Waals surface area contributed by atoms with Crippen molar-refractivity contribution < 1.29 is 13.2 Å². The molecule has 0 aromatic heterocycles. The molecule has 0 radical (unpaired) electrons. The van der Waals surface area contributed by atoms with E-state index in [9.17, 15) is 13.2 Å². The minimum atomic E-state index is -3.50. The number of para-hydroxylation sites is 1. The predicted octanol–water partition coefficient (Wildman–Crippen LogP) is 4.40. The highest BCUT2D eigenvalue weighted by atomic mass is 35.5. The summed E-state index contributed by atoms with van der Waals surface area (Å²) < 4.78 is 24.9. The van der Waals surface area contributed by atoms with Gasteiger partial charge in [-0.25, -0.2) is 13.2 Å². The van der Waals surface area contributed by atoms with Gasteiger partial charge in [-0.2, -0.15) is 0 Å². The molecule has 2 amide bonds. The van der Waals surface area contributed by atoms with Crippen LogP contribution in [0.5, 0.6) is 0 Å². The minimum absolute atomic E-state index is 0.102. The van der Waals surface area contributed by atoms with Crippen LogP contribution in [0.25, 0.3) is 0 Å². The molecule has 2 N–H and O–H groups in total. The Hall–Kier alpha value is -2.05. The van der Waals surface area contributed by atoms with Gasteiger partial charge in [0.15, 0.2) is 9.84 Å². The van der Waals surface area contributed by atoms with Crippen LogP contribution in [-0.4, -0.2) is 19.7 Å². The van der Waals surface area contributed by atoms with Gasteiger partial charge in [0.05, 0.1) is 21.9 Å². The van der Waals surface area contributed by atoms with Crippen LogP contribution >= 0.6 is 11.6 Å². The Labute approximate surface area is 153 Å². The molecule has 7 heteroatoms. The molecule has 2 aromatic carbocycles. The summed E-state index contributed by atoms with van der Waals surface area (Å²) in [6.45, 7) is 5.01. The van der Waals surface area contributed by atoms with E-state index in [2.05, 4.69) is 10.6 Å². The Morgan fingerprint density at radius 2 is 1.60 bits per heavy atom. The van der Waals surface area contributed by atoms with Crippen LogP contribution in [0.15, 0.2) is 53.4 Å². The number of urea groups is 1. The van der Waals surface area contributed by atoms with Gasteiger partial charge in [0.2, 0.25) is 0 Å². The van der Waals surface area contributed by atoms with E-state index in [1.807, 2.05) is 18.2 Å². The van der Waals surface area contributed by atoms with E-state index in [1.54, 1.807) is 45.0 Å². The van der Waals surface area contributed by atoms with Gasteiger partial charge in [-0.15, -0.1) is 0 Å². The number of nitrogens with one attached hydrogen (secondary N) is 2. The third kappa shape index (κ3) is 4.52. The largest absolute Gasteiger partial charge is 0.331 e. The maximum Gasteiger partial charge on any atom is 0.319 e. The Kier molecular flexibility index (Phi) is 6.08. The average molecular weight is 381 g/mol. The molecular formula is C18H21ClN2O3S. The molecular weight excluding hydrogens is 360 g/mol. The molecule has 1 atom stereocenters. The molecule has 134 valence electrons. The molecule has 0 aliphatic heterocycles. The molecule has 1 unspecified atom stereocenters. The van der Waals surface area contributed by atoms with Crippen molar-refractivity contribution in [3.05, 3.63) is 59.1 Å². The quantitative estimate of drug-likeness (QED) is 0.806. The SMILES string of the molecule is CC(NC(=O)Nc1ccccc1S(=O)(=O)C(C)C)c1ccccc1Cl. The number of sulfone groups is 1. The number of anilines is 1. The molecule has 0 saturated heterocycles. The van der Waals surface area contributed by atoms with Gasteiger partial charge in [0.25, 0.3) is 0 Å². The molecule has 0 spiro atoms. The number of amides is 2. The first-order valence-electron chi connectivity index (χ1n) is 7.88. The Bertz CT molecular complexity index is 866. The van der Waals surface area contributed by atoms with Crippen molar-refractivity contribution in [1.82, 2.24) is 5.32 Å². The van der Waals surface area contributed by atoms with Crippen LogP contribution < -0.4 is 10.6 Å². The van der Waals surface area contributed by atoms with Crippen LogP contribution in [0.1, 0.15) is 32.4 Å². The molecule has 0 aliphatic carbocycles. The van der Waals surface area contributed by atoms with E-state index in [-0.39, 0.29) is 16.6 Å². The summed E-state index contributed by atoms with van der Waals surface area (Å²) in [4.78, 5) is 12.4. The van der Waals surface area contributed by atoms with Crippen LogP contribution in [0.3, 0.4) is 0 Å². The Morgan fingerprint density at radius 1 is 1.00 bits per heavy atom. The van der Waals surface area contributed by atoms with Crippen LogP contribution in [-0.2, 0) is 9.84 Å². The lowest BCUT2D eigenvalue weighted by Crippen LogP contribution is -2.32. The fourth-order valence-corrected chi connectivity index (χ4v) is 3.83. The number of carbonyl (C=O) groups excluding carboxylic acids is 1. The van der Waals surface area contributed by atoms with E-state index in [0.29, 0.717) is 5.02 Å². The highest BCUT2D eigenvalue weighted by Gasteiger charge is 2.23. The average Bonchev–Trinajstić information content (AvgIpc) is 2.55. The number of carbonyl (C=O) groups is 1. The van der Waals surface area contributed by atoms with Gasteiger partial charge in [0.1, 0.15) is 0 Å². The zero-order chi connectivity index (χ0) is 18.6. The smallest absolute Gasteiger partial charge is 0.319 e. The molecule has 0 fully saturated rings. The topological polar surface area (TPSA) is 75.3 Å². The molecule has 0 heterocycles. The maximum atomic E-state index is 12.4. The fourth-order valence-electron chi connectivity index (χ4n) is 2.33. The lowest BCUT2D eigenvalue weighted by molar-refractivity contribution is 0.249. The predicted molar refractivity (Wildman–Crippen MR) is 101 cm³/mol. The zero-order valence-electron chi connectivity index (χ0n) is 14.3. The summed E-state index contributed by atoms with van der Waals surface area (Å²) in [6, 6.07) is 12.7. The van der Waals surface area contributed by atoms with E-state index in [4.69, 9.17) is 11.6 Å². The summed E-state index contributed by atoms with van der Waals surface area (Å²) in [7, 11) is -3.50. The second-order valence-electron chi connectivity index (χ2n) is 5.93. The van der Waals surface area contributed by atoms with E-state index >= 15 is 0 Å². The lowest BCUT2D eigenvalue weighted by atomic mass is 10.1. The second kappa shape index (κ2) is 7.89. The van der Waals surface area contributed by atoms with Gasteiger partial charge in [-0.05, 0) is 44.5 Å². The summed E-state index contributed by atoms with van der Waals surface area (Å²) >= 11 is 6.13. The van der Waals surface area contributed by atoms with Gasteiger partial charge >= 0.3 is 6.03 Å². The number of rotatable bonds is 5. The van der Waals surface area contributed by atoms with Crippen LogP contribution in [0, 0.1) is 0 Å². The monoisotopic (exact) mass is 380 g/mol. The van der Waals surface area contributed by atoms with Crippen LogP contribution in [0.4, 0.5) is 10.5 Å². The van der Waals surface area contributed by atoms with Gasteiger partial charge < -0.3 is 10.6 Å². The first-order chi connectivity index (χ1) is 11.7. The normalized spacial score (nSPS) is 12.7. The first-order valence-corrected chi connectivity index (χ1v) is 9.80. The van der Waals surface area contributed by atoms with Gasteiger partial charge in [-0.1, -0.05) is 41.9 Å². The number of benzene rings is 2. The first kappa shape index (κ1) is 19.3. The van der Waals surface area contributed by atoms with Crippen molar-refractivity contribution in [3.8, 4) is 0 Å². The van der Waals surface area contributed by atoms with Crippen molar-refractivity contribution in [3.63, 3.8) is 0 Å². The molecule has 0 bridgehead atoms. The Balaban J connectivity index is 2.18. The van der Waals surface area contributed by atoms with Gasteiger partial charge in [0, 0.05) is 5.02 Å². The third-order valence-corrected chi connectivity index (χ3v) is 6.34.